The molecule has 3 rings (SSSR count). The molecule has 0 spiro atoms. The summed E-state index contributed by atoms with van der Waals surface area (Å²) in [6, 6.07) is 1.43. The van der Waals surface area contributed by atoms with Crippen LogP contribution in [-0.4, -0.2) is 49.0 Å². The zero-order valence-electron chi connectivity index (χ0n) is 12.9. The van der Waals surface area contributed by atoms with E-state index >= 15 is 0 Å². The minimum atomic E-state index is -0.410. The Morgan fingerprint density at radius 1 is 1.43 bits per heavy atom. The first kappa shape index (κ1) is 15.7. The quantitative estimate of drug-likeness (QED) is 0.708. The number of nitrogens with one attached hydrogen (secondary N) is 2. The largest absolute Gasteiger partial charge is 0.393 e. The fraction of sp³-hybridized carbons (Fsp3) is 0.533. The lowest BCUT2D eigenvalue weighted by Crippen LogP contribution is -2.47. The maximum atomic E-state index is 12.1. The molecule has 1 saturated heterocycles. The van der Waals surface area contributed by atoms with E-state index in [1.807, 2.05) is 21.6 Å². The lowest BCUT2D eigenvalue weighted by molar-refractivity contribution is -0.119. The van der Waals surface area contributed by atoms with Crippen LogP contribution >= 0.6 is 0 Å². The van der Waals surface area contributed by atoms with Crippen molar-refractivity contribution < 1.29 is 9.90 Å². The van der Waals surface area contributed by atoms with Crippen LogP contribution in [0.5, 0.6) is 0 Å². The smallest absolute Gasteiger partial charge is 0.242 e. The van der Waals surface area contributed by atoms with E-state index < -0.39 is 6.10 Å². The Morgan fingerprint density at radius 2 is 2.35 bits per heavy atom. The molecule has 8 heteroatoms. The molecule has 1 aliphatic heterocycles. The molecule has 1 fully saturated rings. The third-order valence-electron chi connectivity index (χ3n) is 3.95. The van der Waals surface area contributed by atoms with Crippen LogP contribution in [-0.2, 0) is 17.9 Å². The number of hydrogen-bond donors (Lipinski definition) is 3. The summed E-state index contributed by atoms with van der Waals surface area (Å²) in [5, 5.41) is 19.9. The highest BCUT2D eigenvalue weighted by Gasteiger charge is 2.25. The Kier molecular flexibility index (Phi) is 5.04. The van der Waals surface area contributed by atoms with Crippen molar-refractivity contribution in [2.75, 3.05) is 11.9 Å². The number of nitrogens with zero attached hydrogens (tertiary/aromatic N) is 4. The number of rotatable bonds is 6. The molecule has 0 radical (unpaired) electrons. The molecule has 2 atom stereocenters. The van der Waals surface area contributed by atoms with Gasteiger partial charge >= 0.3 is 0 Å². The number of aliphatic hydroxyl groups excluding tert-OH is 1. The van der Waals surface area contributed by atoms with E-state index in [0.717, 1.165) is 19.5 Å². The molecule has 1 aliphatic rings. The Hall–Kier alpha value is -2.19. The van der Waals surface area contributed by atoms with Crippen molar-refractivity contribution >= 4 is 11.7 Å². The number of carbonyl (C=O) groups is 1. The minimum Gasteiger partial charge on any atom is -0.393 e. The number of imidazole rings is 1. The monoisotopic (exact) mass is 318 g/mol. The molecule has 3 N–H and O–H groups in total. The summed E-state index contributed by atoms with van der Waals surface area (Å²) in [4.78, 5) is 16.2. The van der Waals surface area contributed by atoms with E-state index in [-0.39, 0.29) is 11.9 Å². The molecule has 8 nitrogen and oxygen atoms in total. The Morgan fingerprint density at radius 3 is 3.13 bits per heavy atom. The number of piperidine rings is 1. The summed E-state index contributed by atoms with van der Waals surface area (Å²) in [6.07, 6.45) is 8.99. The predicted octanol–water partition coefficient (Wildman–Crippen LogP) is 0.221. The molecule has 0 saturated carbocycles. The molecule has 1 amide bonds. The van der Waals surface area contributed by atoms with Gasteiger partial charge < -0.3 is 20.3 Å². The van der Waals surface area contributed by atoms with Gasteiger partial charge in [0.2, 0.25) is 5.91 Å². The number of carbonyl (C=O) groups excluding carboxylic acids is 1. The second kappa shape index (κ2) is 7.38. The second-order valence-electron chi connectivity index (χ2n) is 5.79. The fourth-order valence-corrected chi connectivity index (χ4v) is 2.70. The highest BCUT2D eigenvalue weighted by Crippen LogP contribution is 2.11. The summed E-state index contributed by atoms with van der Waals surface area (Å²) < 4.78 is 3.84. The Labute approximate surface area is 134 Å². The summed E-state index contributed by atoms with van der Waals surface area (Å²) in [6.45, 7) is 2.31. The van der Waals surface area contributed by atoms with Crippen LogP contribution < -0.4 is 10.6 Å². The van der Waals surface area contributed by atoms with Crippen molar-refractivity contribution in [1.82, 2.24) is 24.6 Å². The first-order valence-corrected chi connectivity index (χ1v) is 7.92. The van der Waals surface area contributed by atoms with Gasteiger partial charge in [0.1, 0.15) is 0 Å². The maximum Gasteiger partial charge on any atom is 0.242 e. The van der Waals surface area contributed by atoms with E-state index in [2.05, 4.69) is 20.7 Å². The molecule has 2 aromatic heterocycles. The average molecular weight is 318 g/mol. The van der Waals surface area contributed by atoms with Gasteiger partial charge in [0.25, 0.3) is 0 Å². The number of aromatic nitrogens is 4. The van der Waals surface area contributed by atoms with E-state index in [1.54, 1.807) is 18.6 Å². The summed E-state index contributed by atoms with van der Waals surface area (Å²) >= 11 is 0. The van der Waals surface area contributed by atoms with Crippen LogP contribution in [0.3, 0.4) is 0 Å². The zero-order chi connectivity index (χ0) is 16.1. The third kappa shape index (κ3) is 4.40. The van der Waals surface area contributed by atoms with Crippen LogP contribution in [0.15, 0.2) is 31.0 Å². The molecule has 0 aromatic carbocycles. The van der Waals surface area contributed by atoms with Gasteiger partial charge in [-0.2, -0.15) is 5.10 Å². The van der Waals surface area contributed by atoms with Gasteiger partial charge in [0, 0.05) is 37.7 Å². The van der Waals surface area contributed by atoms with Crippen molar-refractivity contribution in [3.05, 3.63) is 31.0 Å². The number of hydrogen-bond acceptors (Lipinski definition) is 5. The van der Waals surface area contributed by atoms with Crippen LogP contribution in [0, 0.1) is 0 Å². The van der Waals surface area contributed by atoms with Gasteiger partial charge in [-0.1, -0.05) is 0 Å². The Balaban J connectivity index is 1.45. The number of aryl methyl sites for hydroxylation is 2. The normalized spacial score (nSPS) is 21.3. The highest BCUT2D eigenvalue weighted by molar-refractivity contribution is 5.94. The van der Waals surface area contributed by atoms with Crippen molar-refractivity contribution in [3.63, 3.8) is 0 Å². The van der Waals surface area contributed by atoms with E-state index in [4.69, 9.17) is 0 Å². The lowest BCUT2D eigenvalue weighted by atomic mass is 10.0. The van der Waals surface area contributed by atoms with Crippen molar-refractivity contribution in [1.29, 1.82) is 0 Å². The zero-order valence-corrected chi connectivity index (χ0v) is 12.9. The van der Waals surface area contributed by atoms with Gasteiger partial charge in [-0.3, -0.25) is 9.48 Å². The standard InChI is InChI=1S/C15H22N6O2/c22-12-2-4-17-13(10-12)15(23)18-14-3-8-21(19-14)7-1-6-20-9-5-16-11-20/h3,5,8-9,11-13,17,22H,1-2,4,6-7,10H2,(H,18,19,23)/t12-,13-/m1/s1. The number of amides is 1. The van der Waals surface area contributed by atoms with Crippen LogP contribution in [0.1, 0.15) is 19.3 Å². The molecular formula is C15H22N6O2. The van der Waals surface area contributed by atoms with Crippen molar-refractivity contribution in [3.8, 4) is 0 Å². The average Bonchev–Trinajstić information content (AvgIpc) is 3.19. The van der Waals surface area contributed by atoms with E-state index in [1.165, 1.54) is 0 Å². The van der Waals surface area contributed by atoms with Gasteiger partial charge in [-0.15, -0.1) is 0 Å². The van der Waals surface area contributed by atoms with Crippen LogP contribution in [0.4, 0.5) is 5.82 Å². The minimum absolute atomic E-state index is 0.146. The second-order valence-corrected chi connectivity index (χ2v) is 5.79. The topological polar surface area (TPSA) is 97.0 Å². The van der Waals surface area contributed by atoms with Gasteiger partial charge in [0.15, 0.2) is 5.82 Å². The Bertz CT molecular complexity index is 624. The van der Waals surface area contributed by atoms with E-state index in [9.17, 15) is 9.90 Å². The number of anilines is 1. The SMILES string of the molecule is O=C(Nc1ccn(CCCn2ccnc2)n1)[C@H]1C[C@H](O)CCN1. The van der Waals surface area contributed by atoms with E-state index in [0.29, 0.717) is 25.2 Å². The van der Waals surface area contributed by atoms with Crippen molar-refractivity contribution in [2.45, 2.75) is 44.5 Å². The molecule has 3 heterocycles. The summed E-state index contributed by atoms with van der Waals surface area (Å²) in [5.41, 5.74) is 0. The van der Waals surface area contributed by atoms with Gasteiger partial charge in [0.05, 0.1) is 18.5 Å². The first-order valence-electron chi connectivity index (χ1n) is 7.92. The summed E-state index contributed by atoms with van der Waals surface area (Å²) in [7, 11) is 0. The molecule has 2 aromatic rings. The van der Waals surface area contributed by atoms with Gasteiger partial charge in [-0.25, -0.2) is 4.98 Å². The molecule has 0 unspecified atom stereocenters. The van der Waals surface area contributed by atoms with Crippen molar-refractivity contribution in [2.24, 2.45) is 0 Å². The molecule has 0 aliphatic carbocycles. The van der Waals surface area contributed by atoms with Gasteiger partial charge in [-0.05, 0) is 25.8 Å². The molecule has 0 bridgehead atoms. The van der Waals surface area contributed by atoms with Crippen LogP contribution in [0.2, 0.25) is 0 Å². The third-order valence-corrected chi connectivity index (χ3v) is 3.95. The highest BCUT2D eigenvalue weighted by atomic mass is 16.3. The maximum absolute atomic E-state index is 12.1. The molecule has 124 valence electrons. The number of aliphatic hydroxyl groups is 1. The molecular weight excluding hydrogens is 296 g/mol. The fourth-order valence-electron chi connectivity index (χ4n) is 2.70. The van der Waals surface area contributed by atoms with Crippen LogP contribution in [0.25, 0.3) is 0 Å². The molecule has 23 heavy (non-hydrogen) atoms. The lowest BCUT2D eigenvalue weighted by Gasteiger charge is -2.25. The first-order chi connectivity index (χ1) is 11.2. The summed E-state index contributed by atoms with van der Waals surface area (Å²) in [5.74, 6) is 0.395. The predicted molar refractivity (Wildman–Crippen MR) is 84.7 cm³/mol.